The average molecular weight is 366 g/mol. The summed E-state index contributed by atoms with van der Waals surface area (Å²) in [4.78, 5) is 16.9. The molecule has 0 fully saturated rings. The maximum absolute atomic E-state index is 6.13. The van der Waals surface area contributed by atoms with Crippen LogP contribution >= 0.6 is 11.6 Å². The van der Waals surface area contributed by atoms with Crippen LogP contribution in [-0.4, -0.2) is 27.6 Å². The molecule has 2 aliphatic rings. The first-order valence-corrected chi connectivity index (χ1v) is 8.25. The van der Waals surface area contributed by atoms with Gasteiger partial charge >= 0.3 is 0 Å². The number of nitrogens with two attached hydrogens (primary N) is 1. The molecule has 0 saturated heterocycles. The Morgan fingerprint density at radius 1 is 1.00 bits per heavy atom. The third-order valence-electron chi connectivity index (χ3n) is 4.55. The number of hydrogen-bond acceptors (Lipinski definition) is 7. The Morgan fingerprint density at radius 2 is 1.81 bits per heavy atom. The number of amidine groups is 1. The molecule has 0 radical (unpaired) electrons. The van der Waals surface area contributed by atoms with Gasteiger partial charge in [-0.3, -0.25) is 0 Å². The molecule has 0 aliphatic carbocycles. The van der Waals surface area contributed by atoms with E-state index in [-0.39, 0.29) is 12.6 Å². The molecule has 1 unspecified atom stereocenters. The molecule has 1 atom stereocenters. The van der Waals surface area contributed by atoms with Crippen molar-refractivity contribution in [1.82, 2.24) is 15.0 Å². The van der Waals surface area contributed by atoms with Crippen LogP contribution in [0.1, 0.15) is 11.1 Å². The average Bonchev–Trinajstić information content (AvgIpc) is 3.06. The third-order valence-corrected chi connectivity index (χ3v) is 4.76. The van der Waals surface area contributed by atoms with Crippen LogP contribution in [-0.2, 0) is 10.3 Å². The number of fused-ring (bicyclic) bond motifs is 4. The van der Waals surface area contributed by atoms with Crippen LogP contribution in [0.15, 0.2) is 54.2 Å². The van der Waals surface area contributed by atoms with Gasteiger partial charge in [0.05, 0.1) is 6.20 Å². The van der Waals surface area contributed by atoms with Crippen molar-refractivity contribution in [1.29, 1.82) is 0 Å². The van der Waals surface area contributed by atoms with E-state index in [0.717, 1.165) is 22.3 Å². The molecule has 26 heavy (non-hydrogen) atoms. The lowest BCUT2D eigenvalue weighted by Crippen LogP contribution is -2.31. The molecule has 4 heterocycles. The summed E-state index contributed by atoms with van der Waals surface area (Å²) < 4.78 is 11.6. The fourth-order valence-electron chi connectivity index (χ4n) is 3.36. The van der Waals surface area contributed by atoms with Crippen molar-refractivity contribution in [2.24, 2.45) is 10.7 Å². The summed E-state index contributed by atoms with van der Waals surface area (Å²) in [6.07, 6.45) is 6.59. The van der Waals surface area contributed by atoms with Crippen LogP contribution in [0.3, 0.4) is 0 Å². The van der Waals surface area contributed by atoms with Gasteiger partial charge in [0.15, 0.2) is 11.3 Å². The lowest BCUT2D eigenvalue weighted by molar-refractivity contribution is 0.264. The first-order valence-electron chi connectivity index (χ1n) is 7.88. The molecule has 0 bridgehead atoms. The van der Waals surface area contributed by atoms with Gasteiger partial charge in [-0.25, -0.2) is 19.9 Å². The molecule has 5 rings (SSSR count). The van der Waals surface area contributed by atoms with Crippen molar-refractivity contribution < 1.29 is 9.47 Å². The van der Waals surface area contributed by atoms with Crippen LogP contribution < -0.4 is 10.5 Å². The normalized spacial score (nSPS) is 20.0. The first kappa shape index (κ1) is 15.1. The fourth-order valence-corrected chi connectivity index (χ4v) is 3.52. The van der Waals surface area contributed by atoms with Crippen LogP contribution in [0.4, 0.5) is 0 Å². The molecule has 1 aromatic carbocycles. The Balaban J connectivity index is 1.76. The minimum Gasteiger partial charge on any atom is -0.462 e. The quantitative estimate of drug-likeness (QED) is 0.666. The second-order valence-corrected chi connectivity index (χ2v) is 6.43. The molecule has 2 N–H and O–H groups in total. The molecule has 2 aromatic heterocycles. The van der Waals surface area contributed by atoms with Gasteiger partial charge in [-0.15, -0.1) is 0 Å². The van der Waals surface area contributed by atoms with Gasteiger partial charge in [0.1, 0.15) is 23.8 Å². The largest absolute Gasteiger partial charge is 0.462 e. The summed E-state index contributed by atoms with van der Waals surface area (Å²) in [5.74, 6) is 1.25. The number of nitrogens with zero attached hydrogens (tertiary/aromatic N) is 4. The van der Waals surface area contributed by atoms with Crippen molar-refractivity contribution in [3.8, 4) is 22.6 Å². The standard InChI is InChI=1S/C18H12ClN5O2/c19-16-4-13-15(7-23-16)26-14-2-1-10(11-5-21-9-22-6-11)3-12(14)18(13)8-25-17(20)24-18/h1-7,9H,8H2,(H2,20,24). The molecular formula is C18H12ClN5O2. The molecule has 128 valence electrons. The number of benzene rings is 1. The fraction of sp³-hybridized carbons (Fsp3) is 0.111. The van der Waals surface area contributed by atoms with Crippen LogP contribution in [0.5, 0.6) is 11.5 Å². The van der Waals surface area contributed by atoms with Crippen molar-refractivity contribution in [2.45, 2.75) is 5.54 Å². The SMILES string of the molecule is NC1=NC2(CO1)c1cc(-c3cncnc3)ccc1Oc1cnc(Cl)cc12. The molecule has 0 saturated carbocycles. The van der Waals surface area contributed by atoms with Gasteiger partial charge < -0.3 is 15.2 Å². The van der Waals surface area contributed by atoms with Crippen molar-refractivity contribution in [3.05, 3.63) is 65.5 Å². The van der Waals surface area contributed by atoms with E-state index in [0.29, 0.717) is 16.7 Å². The molecule has 3 aromatic rings. The number of aromatic nitrogens is 3. The second kappa shape index (κ2) is 5.40. The minimum atomic E-state index is -0.828. The van der Waals surface area contributed by atoms with E-state index in [1.807, 2.05) is 18.2 Å². The summed E-state index contributed by atoms with van der Waals surface area (Å²) in [6.45, 7) is 0.261. The lowest BCUT2D eigenvalue weighted by atomic mass is 9.81. The number of hydrogen-bond donors (Lipinski definition) is 1. The van der Waals surface area contributed by atoms with Crippen LogP contribution in [0.25, 0.3) is 11.1 Å². The van der Waals surface area contributed by atoms with Crippen molar-refractivity contribution in [2.75, 3.05) is 6.61 Å². The zero-order valence-corrected chi connectivity index (χ0v) is 14.1. The zero-order valence-electron chi connectivity index (χ0n) is 13.4. The predicted molar refractivity (Wildman–Crippen MR) is 95.1 cm³/mol. The topological polar surface area (TPSA) is 95.5 Å². The molecular weight excluding hydrogens is 354 g/mol. The Kier molecular flexibility index (Phi) is 3.14. The number of halogens is 1. The molecule has 0 amide bonds. The smallest absolute Gasteiger partial charge is 0.283 e. The maximum Gasteiger partial charge on any atom is 0.283 e. The Morgan fingerprint density at radius 3 is 2.58 bits per heavy atom. The zero-order chi connectivity index (χ0) is 17.7. The Labute approximate surface area is 153 Å². The maximum atomic E-state index is 6.13. The summed E-state index contributed by atoms with van der Waals surface area (Å²) in [5, 5.41) is 0.350. The number of rotatable bonds is 1. The van der Waals surface area contributed by atoms with E-state index in [4.69, 9.17) is 26.8 Å². The van der Waals surface area contributed by atoms with Gasteiger partial charge in [0.25, 0.3) is 6.02 Å². The number of aliphatic imine (C=N–C) groups is 1. The molecule has 8 heteroatoms. The minimum absolute atomic E-state index is 0.130. The summed E-state index contributed by atoms with van der Waals surface area (Å²) in [7, 11) is 0. The van der Waals surface area contributed by atoms with E-state index in [1.165, 1.54) is 6.33 Å². The number of pyridine rings is 1. The predicted octanol–water partition coefficient (Wildman–Crippen LogP) is 2.89. The van der Waals surface area contributed by atoms with E-state index >= 15 is 0 Å². The molecule has 1 spiro atoms. The van der Waals surface area contributed by atoms with Gasteiger partial charge in [-0.1, -0.05) is 17.7 Å². The van der Waals surface area contributed by atoms with Crippen LogP contribution in [0, 0.1) is 0 Å². The highest BCUT2D eigenvalue weighted by molar-refractivity contribution is 6.29. The Hall–Kier alpha value is -3.19. The summed E-state index contributed by atoms with van der Waals surface area (Å²) in [6, 6.07) is 7.70. The van der Waals surface area contributed by atoms with E-state index < -0.39 is 5.54 Å². The van der Waals surface area contributed by atoms with E-state index in [2.05, 4.69) is 19.9 Å². The van der Waals surface area contributed by atoms with E-state index in [9.17, 15) is 0 Å². The number of ether oxygens (including phenoxy) is 2. The Bertz CT molecular complexity index is 1060. The monoisotopic (exact) mass is 365 g/mol. The summed E-state index contributed by atoms with van der Waals surface area (Å²) in [5.41, 5.74) is 8.47. The first-order chi connectivity index (χ1) is 12.7. The second-order valence-electron chi connectivity index (χ2n) is 6.04. The van der Waals surface area contributed by atoms with Crippen LogP contribution in [0.2, 0.25) is 5.15 Å². The van der Waals surface area contributed by atoms with E-state index in [1.54, 1.807) is 24.7 Å². The van der Waals surface area contributed by atoms with Crippen molar-refractivity contribution >= 4 is 17.6 Å². The highest BCUT2D eigenvalue weighted by Gasteiger charge is 2.47. The highest BCUT2D eigenvalue weighted by Crippen LogP contribution is 2.51. The highest BCUT2D eigenvalue weighted by atomic mass is 35.5. The lowest BCUT2D eigenvalue weighted by Gasteiger charge is -2.33. The summed E-state index contributed by atoms with van der Waals surface area (Å²) >= 11 is 6.13. The van der Waals surface area contributed by atoms with Gasteiger partial charge in [-0.2, -0.15) is 0 Å². The molecule has 7 nitrogen and oxygen atoms in total. The van der Waals surface area contributed by atoms with Crippen molar-refractivity contribution in [3.63, 3.8) is 0 Å². The van der Waals surface area contributed by atoms with Gasteiger partial charge in [0, 0.05) is 29.1 Å². The van der Waals surface area contributed by atoms with Gasteiger partial charge in [0.2, 0.25) is 0 Å². The third kappa shape index (κ3) is 2.14. The molecule has 2 aliphatic heterocycles. The van der Waals surface area contributed by atoms with Gasteiger partial charge in [-0.05, 0) is 23.8 Å².